The number of nitrogens with zero attached hydrogens (tertiary/aromatic N) is 1. The van der Waals surface area contributed by atoms with Crippen LogP contribution in [0.15, 0.2) is 30.3 Å². The first-order chi connectivity index (χ1) is 18.8. The second-order valence-corrected chi connectivity index (χ2v) is 13.2. The average Bonchev–Trinajstić information content (AvgIpc) is 3.31. The summed E-state index contributed by atoms with van der Waals surface area (Å²) < 4.78 is 17.5. The lowest BCUT2D eigenvalue weighted by atomic mass is 9.85. The summed E-state index contributed by atoms with van der Waals surface area (Å²) in [4.78, 5) is 40.8. The van der Waals surface area contributed by atoms with Crippen LogP contribution in [-0.2, 0) is 31.1 Å². The number of carbonyl (C=O) groups excluding carboxylic acids is 3. The number of benzene rings is 2. The van der Waals surface area contributed by atoms with E-state index in [-0.39, 0.29) is 24.5 Å². The zero-order valence-electron chi connectivity index (χ0n) is 25.0. The lowest BCUT2D eigenvalue weighted by Crippen LogP contribution is -2.56. The van der Waals surface area contributed by atoms with Gasteiger partial charge in [-0.1, -0.05) is 53.2 Å². The quantitative estimate of drug-likeness (QED) is 0.514. The van der Waals surface area contributed by atoms with Gasteiger partial charge in [-0.2, -0.15) is 0 Å². The van der Waals surface area contributed by atoms with Gasteiger partial charge in [-0.3, -0.25) is 4.79 Å². The molecule has 5 bridgehead atoms. The van der Waals surface area contributed by atoms with Crippen LogP contribution in [0.1, 0.15) is 71.4 Å². The van der Waals surface area contributed by atoms with E-state index in [0.29, 0.717) is 6.42 Å². The van der Waals surface area contributed by atoms with Crippen molar-refractivity contribution in [3.05, 3.63) is 41.5 Å². The van der Waals surface area contributed by atoms with Gasteiger partial charge in [0.25, 0.3) is 0 Å². The lowest BCUT2D eigenvalue weighted by molar-refractivity contribution is -0.139. The largest absolute Gasteiger partial charge is 0.496 e. The summed E-state index contributed by atoms with van der Waals surface area (Å²) in [6.45, 7) is 10.3. The van der Waals surface area contributed by atoms with E-state index in [9.17, 15) is 14.4 Å². The van der Waals surface area contributed by atoms with Gasteiger partial charge in [-0.15, -0.1) is 0 Å². The Morgan fingerprint density at radius 3 is 2.48 bits per heavy atom. The molecule has 2 aromatic rings. The third kappa shape index (κ3) is 6.12. The molecule has 0 aliphatic carbocycles. The molecule has 2 amide bonds. The molecular formula is C32H44N2O6. The molecule has 1 N–H and O–H groups in total. The van der Waals surface area contributed by atoms with Crippen molar-refractivity contribution < 1.29 is 28.6 Å². The summed E-state index contributed by atoms with van der Waals surface area (Å²) in [5, 5.41) is 4.93. The van der Waals surface area contributed by atoms with Crippen LogP contribution in [0.2, 0.25) is 0 Å². The summed E-state index contributed by atoms with van der Waals surface area (Å²) in [6, 6.07) is 8.82. The Balaban J connectivity index is 1.80. The Hall–Kier alpha value is -3.13. The van der Waals surface area contributed by atoms with Crippen molar-refractivity contribution in [3.63, 3.8) is 0 Å². The number of nitrogens with one attached hydrogen (secondary N) is 1. The summed E-state index contributed by atoms with van der Waals surface area (Å²) in [7, 11) is 3.31. The van der Waals surface area contributed by atoms with Gasteiger partial charge >= 0.3 is 6.09 Å². The molecule has 0 spiro atoms. The maximum atomic E-state index is 14.0. The minimum atomic E-state index is -0.882. The van der Waals surface area contributed by atoms with Gasteiger partial charge in [0.05, 0.1) is 26.3 Å². The van der Waals surface area contributed by atoms with Crippen LogP contribution < -0.4 is 10.1 Å². The number of alkyl carbamates (subject to hydrolysis) is 1. The molecule has 2 heterocycles. The van der Waals surface area contributed by atoms with E-state index in [0.717, 1.165) is 59.6 Å². The maximum Gasteiger partial charge on any atom is 0.407 e. The van der Waals surface area contributed by atoms with E-state index in [1.54, 1.807) is 19.1 Å². The second-order valence-electron chi connectivity index (χ2n) is 13.2. The summed E-state index contributed by atoms with van der Waals surface area (Å²) in [6.07, 6.45) is 4.17. The van der Waals surface area contributed by atoms with Crippen LogP contribution >= 0.6 is 0 Å². The molecule has 3 atom stereocenters. The van der Waals surface area contributed by atoms with Gasteiger partial charge in [0.15, 0.2) is 0 Å². The van der Waals surface area contributed by atoms with E-state index < -0.39 is 29.2 Å². The van der Waals surface area contributed by atoms with E-state index >= 15 is 0 Å². The number of ether oxygens (including phenoxy) is 3. The van der Waals surface area contributed by atoms with Gasteiger partial charge in [-0.05, 0) is 70.2 Å². The second kappa shape index (κ2) is 11.4. The third-order valence-electron chi connectivity index (χ3n) is 8.48. The molecule has 40 heavy (non-hydrogen) atoms. The van der Waals surface area contributed by atoms with Crippen LogP contribution in [0.3, 0.4) is 0 Å². The standard InChI is InChI=1S/C32H44N2O6/c1-30(2,3)27-28(36)34-19-32(39-7,17-25(34)18-35)24-12-11-21-16-26(38-6)22(14-23(21)15-24)10-8-9-13-31(4,5)20-40-29(37)33-27/h11-12,14-16,18,25,27H,8-10,13,17,19-20H2,1-7H3,(H,33,37)/t25-,27+,32-/m0/s1. The molecule has 4 rings (SSSR count). The highest BCUT2D eigenvalue weighted by Crippen LogP contribution is 2.41. The molecule has 2 aromatic carbocycles. The predicted octanol–water partition coefficient (Wildman–Crippen LogP) is 5.38. The topological polar surface area (TPSA) is 94.2 Å². The van der Waals surface area contributed by atoms with E-state index in [2.05, 4.69) is 37.4 Å². The number of hydrogen-bond donors (Lipinski definition) is 1. The van der Waals surface area contributed by atoms with Crippen molar-refractivity contribution in [2.75, 3.05) is 27.4 Å². The smallest absolute Gasteiger partial charge is 0.407 e. The highest BCUT2D eigenvalue weighted by Gasteiger charge is 2.50. The molecule has 2 aliphatic rings. The van der Waals surface area contributed by atoms with E-state index in [4.69, 9.17) is 14.2 Å². The summed E-state index contributed by atoms with van der Waals surface area (Å²) in [5.41, 5.74) is 0.325. The van der Waals surface area contributed by atoms with E-state index in [1.807, 2.05) is 32.9 Å². The fourth-order valence-corrected chi connectivity index (χ4v) is 5.96. The number of fused-ring (bicyclic) bond motifs is 5. The van der Waals surface area contributed by atoms with Crippen LogP contribution in [0.25, 0.3) is 10.8 Å². The molecular weight excluding hydrogens is 508 g/mol. The van der Waals surface area contributed by atoms with Gasteiger partial charge in [0, 0.05) is 13.5 Å². The van der Waals surface area contributed by atoms with Crippen molar-refractivity contribution in [2.24, 2.45) is 10.8 Å². The zero-order chi connectivity index (χ0) is 29.3. The van der Waals surface area contributed by atoms with Gasteiger partial charge in [0.1, 0.15) is 23.7 Å². The normalized spacial score (nSPS) is 26.1. The molecule has 218 valence electrons. The van der Waals surface area contributed by atoms with Crippen molar-refractivity contribution >= 4 is 29.1 Å². The number of rotatable bonds is 3. The van der Waals surface area contributed by atoms with Crippen molar-refractivity contribution in [3.8, 4) is 5.75 Å². The van der Waals surface area contributed by atoms with Crippen LogP contribution in [0, 0.1) is 10.8 Å². The van der Waals surface area contributed by atoms with Crippen LogP contribution in [0.4, 0.5) is 4.79 Å². The number of methoxy groups -OCH3 is 2. The van der Waals surface area contributed by atoms with Gasteiger partial charge in [-0.25, -0.2) is 4.79 Å². The first-order valence-corrected chi connectivity index (χ1v) is 14.2. The predicted molar refractivity (Wildman–Crippen MR) is 154 cm³/mol. The number of hydrogen-bond acceptors (Lipinski definition) is 6. The third-order valence-corrected chi connectivity index (χ3v) is 8.48. The first kappa shape index (κ1) is 29.8. The minimum Gasteiger partial charge on any atom is -0.496 e. The highest BCUT2D eigenvalue weighted by atomic mass is 16.5. The van der Waals surface area contributed by atoms with Crippen molar-refractivity contribution in [1.29, 1.82) is 0 Å². The molecule has 1 fully saturated rings. The van der Waals surface area contributed by atoms with Gasteiger partial charge in [0.2, 0.25) is 5.91 Å². The fourth-order valence-electron chi connectivity index (χ4n) is 5.96. The number of carbonyl (C=O) groups is 3. The Morgan fingerprint density at radius 2 is 1.82 bits per heavy atom. The molecule has 8 nitrogen and oxygen atoms in total. The Morgan fingerprint density at radius 1 is 1.07 bits per heavy atom. The number of amides is 2. The SMILES string of the molecule is COc1cc2ccc3cc2cc1CCCCC(C)(C)COC(=O)N[C@@H](C(C)(C)C)C(=O)N1C[C@@]3(OC)C[C@H]1C=O. The number of cyclic esters (lactones) is 1. The highest BCUT2D eigenvalue weighted by molar-refractivity contribution is 5.89. The fraction of sp³-hybridized carbons (Fsp3) is 0.594. The Bertz CT molecular complexity index is 1270. The Labute approximate surface area is 237 Å². The first-order valence-electron chi connectivity index (χ1n) is 14.2. The lowest BCUT2D eigenvalue weighted by Gasteiger charge is -2.35. The molecule has 0 radical (unpaired) electrons. The van der Waals surface area contributed by atoms with Crippen LogP contribution in [-0.4, -0.2) is 62.6 Å². The average molecular weight is 553 g/mol. The molecule has 0 unspecified atom stereocenters. The molecule has 2 aliphatic heterocycles. The minimum absolute atomic E-state index is 0.191. The summed E-state index contributed by atoms with van der Waals surface area (Å²) in [5.74, 6) is 0.532. The molecule has 0 saturated carbocycles. The molecule has 1 saturated heterocycles. The van der Waals surface area contributed by atoms with Gasteiger partial charge < -0.3 is 29.2 Å². The van der Waals surface area contributed by atoms with Crippen molar-refractivity contribution in [1.82, 2.24) is 10.2 Å². The van der Waals surface area contributed by atoms with E-state index in [1.165, 1.54) is 0 Å². The Kier molecular flexibility index (Phi) is 8.50. The summed E-state index contributed by atoms with van der Waals surface area (Å²) >= 11 is 0. The number of aldehydes is 1. The van der Waals surface area contributed by atoms with Crippen molar-refractivity contribution in [2.45, 2.75) is 84.4 Å². The van der Waals surface area contributed by atoms with Crippen LogP contribution in [0.5, 0.6) is 5.75 Å². The molecule has 8 heteroatoms. The molecule has 0 aromatic heterocycles. The maximum absolute atomic E-state index is 14.0. The number of aryl methyl sites for hydroxylation is 1. The zero-order valence-corrected chi connectivity index (χ0v) is 25.0. The monoisotopic (exact) mass is 552 g/mol.